The highest BCUT2D eigenvalue weighted by Crippen LogP contribution is 2.27. The molecule has 1 fully saturated rings. The molecule has 1 amide bonds. The van der Waals surface area contributed by atoms with Crippen molar-refractivity contribution in [2.24, 2.45) is 5.92 Å². The highest BCUT2D eigenvalue weighted by Gasteiger charge is 2.29. The molecule has 1 aromatic rings. The number of aliphatic carboxylic acids is 1. The molecule has 0 aliphatic carbocycles. The molecular weight excluding hydrogens is 317 g/mol. The molecule has 7 heteroatoms. The third kappa shape index (κ3) is 4.33. The van der Waals surface area contributed by atoms with Crippen LogP contribution in [-0.4, -0.2) is 24.6 Å². The molecule has 5 nitrogen and oxygen atoms in total. The average Bonchev–Trinajstić information content (AvgIpc) is 2.92. The van der Waals surface area contributed by atoms with Crippen LogP contribution in [-0.2, 0) is 14.3 Å². The van der Waals surface area contributed by atoms with E-state index in [-0.39, 0.29) is 11.4 Å². The SMILES string of the molecule is O=C(C[C@H](C(=O)[O-])[C@H]1CCCO1)Nc1ccc(Cl)cc1Cl. The Morgan fingerprint density at radius 1 is 1.43 bits per heavy atom. The third-order valence-corrected chi connectivity index (χ3v) is 3.87. The van der Waals surface area contributed by atoms with Gasteiger partial charge in [-0.05, 0) is 31.0 Å². The Morgan fingerprint density at radius 3 is 2.76 bits per heavy atom. The zero-order chi connectivity index (χ0) is 15.4. The first kappa shape index (κ1) is 16.1. The molecule has 0 spiro atoms. The van der Waals surface area contributed by atoms with Gasteiger partial charge >= 0.3 is 0 Å². The van der Waals surface area contributed by atoms with Crippen LogP contribution in [0.2, 0.25) is 10.0 Å². The number of hydrogen-bond donors (Lipinski definition) is 1. The summed E-state index contributed by atoms with van der Waals surface area (Å²) in [5.74, 6) is -2.69. The number of carbonyl (C=O) groups excluding carboxylic acids is 2. The third-order valence-electron chi connectivity index (χ3n) is 3.33. The molecule has 0 aromatic heterocycles. The first-order valence-corrected chi connectivity index (χ1v) is 7.30. The van der Waals surface area contributed by atoms with Gasteiger partial charge in [0.1, 0.15) is 0 Å². The number of halogens is 2. The Morgan fingerprint density at radius 2 is 2.19 bits per heavy atom. The van der Waals surface area contributed by atoms with E-state index in [0.717, 1.165) is 6.42 Å². The largest absolute Gasteiger partial charge is 0.550 e. The van der Waals surface area contributed by atoms with Gasteiger partial charge in [-0.15, -0.1) is 0 Å². The number of carboxylic acids is 1. The fourth-order valence-electron chi connectivity index (χ4n) is 2.28. The summed E-state index contributed by atoms with van der Waals surface area (Å²) in [4.78, 5) is 23.1. The minimum absolute atomic E-state index is 0.216. The van der Waals surface area contributed by atoms with Gasteiger partial charge in [-0.3, -0.25) is 4.79 Å². The average molecular weight is 331 g/mol. The quantitative estimate of drug-likeness (QED) is 0.893. The molecule has 0 unspecified atom stereocenters. The van der Waals surface area contributed by atoms with Gasteiger partial charge in [0.25, 0.3) is 0 Å². The standard InChI is InChI=1S/C14H15Cl2NO4/c15-8-3-4-11(10(16)6-8)17-13(18)7-9(14(19)20)12-2-1-5-21-12/h3-4,6,9,12H,1-2,5,7H2,(H,17,18)(H,19,20)/p-1/t9-,12+/m0/s1. The minimum Gasteiger partial charge on any atom is -0.550 e. The van der Waals surface area contributed by atoms with Crippen LogP contribution < -0.4 is 10.4 Å². The van der Waals surface area contributed by atoms with E-state index in [1.54, 1.807) is 12.1 Å². The van der Waals surface area contributed by atoms with Gasteiger partial charge in [-0.2, -0.15) is 0 Å². The van der Waals surface area contributed by atoms with E-state index in [9.17, 15) is 14.7 Å². The summed E-state index contributed by atoms with van der Waals surface area (Å²) >= 11 is 11.7. The highest BCUT2D eigenvalue weighted by molar-refractivity contribution is 6.36. The van der Waals surface area contributed by atoms with Crippen LogP contribution in [0.25, 0.3) is 0 Å². The molecule has 1 aromatic carbocycles. The number of ether oxygens (including phenoxy) is 1. The van der Waals surface area contributed by atoms with Crippen molar-refractivity contribution in [1.82, 2.24) is 0 Å². The van der Waals surface area contributed by atoms with Crippen LogP contribution in [0.15, 0.2) is 18.2 Å². The predicted molar refractivity (Wildman–Crippen MR) is 77.2 cm³/mol. The molecule has 2 rings (SSSR count). The van der Waals surface area contributed by atoms with E-state index in [0.29, 0.717) is 23.7 Å². The predicted octanol–water partition coefficient (Wildman–Crippen LogP) is 1.87. The van der Waals surface area contributed by atoms with Crippen molar-refractivity contribution in [3.05, 3.63) is 28.2 Å². The molecule has 2 atom stereocenters. The first-order valence-electron chi connectivity index (χ1n) is 6.54. The molecule has 0 bridgehead atoms. The van der Waals surface area contributed by atoms with E-state index in [4.69, 9.17) is 27.9 Å². The maximum atomic E-state index is 12.0. The number of nitrogens with one attached hydrogen (secondary N) is 1. The fourth-order valence-corrected chi connectivity index (χ4v) is 2.73. The summed E-state index contributed by atoms with van der Waals surface area (Å²) in [6.45, 7) is 0.513. The summed E-state index contributed by atoms with van der Waals surface area (Å²) in [5.41, 5.74) is 0.385. The van der Waals surface area contributed by atoms with Crippen molar-refractivity contribution < 1.29 is 19.4 Å². The Balaban J connectivity index is 2.00. The van der Waals surface area contributed by atoms with Crippen molar-refractivity contribution in [2.75, 3.05) is 11.9 Å². The smallest absolute Gasteiger partial charge is 0.225 e. The summed E-state index contributed by atoms with van der Waals surface area (Å²) in [5, 5.41) is 14.5. The van der Waals surface area contributed by atoms with Crippen LogP contribution >= 0.6 is 23.2 Å². The van der Waals surface area contributed by atoms with Crippen LogP contribution in [0.1, 0.15) is 19.3 Å². The lowest BCUT2D eigenvalue weighted by molar-refractivity contribution is -0.314. The second-order valence-corrected chi connectivity index (χ2v) is 5.70. The molecule has 1 N–H and O–H groups in total. The summed E-state index contributed by atoms with van der Waals surface area (Å²) < 4.78 is 5.32. The van der Waals surface area contributed by atoms with E-state index in [1.807, 2.05) is 0 Å². The number of carbonyl (C=O) groups is 2. The number of benzene rings is 1. The summed E-state index contributed by atoms with van der Waals surface area (Å²) in [6.07, 6.45) is 0.722. The second kappa shape index (κ2) is 7.11. The number of hydrogen-bond acceptors (Lipinski definition) is 4. The van der Waals surface area contributed by atoms with Gasteiger partial charge in [0.05, 0.1) is 16.8 Å². The molecule has 0 radical (unpaired) electrons. The van der Waals surface area contributed by atoms with Crippen LogP contribution in [0.5, 0.6) is 0 Å². The lowest BCUT2D eigenvalue weighted by Gasteiger charge is -2.23. The molecule has 1 heterocycles. The monoisotopic (exact) mass is 330 g/mol. The molecule has 1 aliphatic rings. The van der Waals surface area contributed by atoms with Crippen LogP contribution in [0.4, 0.5) is 5.69 Å². The Kier molecular flexibility index (Phi) is 5.45. The summed E-state index contributed by atoms with van der Waals surface area (Å²) in [6, 6.07) is 4.64. The first-order chi connectivity index (χ1) is 9.97. The van der Waals surface area contributed by atoms with Crippen molar-refractivity contribution in [1.29, 1.82) is 0 Å². The van der Waals surface area contributed by atoms with Gasteiger partial charge in [0, 0.05) is 29.9 Å². The molecule has 21 heavy (non-hydrogen) atoms. The van der Waals surface area contributed by atoms with Gasteiger partial charge in [0.15, 0.2) is 0 Å². The molecule has 1 saturated heterocycles. The second-order valence-electron chi connectivity index (χ2n) is 4.85. The fraction of sp³-hybridized carbons (Fsp3) is 0.429. The zero-order valence-corrected chi connectivity index (χ0v) is 12.6. The topological polar surface area (TPSA) is 78.5 Å². The molecule has 1 aliphatic heterocycles. The normalized spacial score (nSPS) is 19.2. The van der Waals surface area contributed by atoms with Gasteiger partial charge in [0.2, 0.25) is 5.91 Å². The lowest BCUT2D eigenvalue weighted by atomic mass is 9.96. The highest BCUT2D eigenvalue weighted by atomic mass is 35.5. The van der Waals surface area contributed by atoms with Crippen molar-refractivity contribution in [3.8, 4) is 0 Å². The van der Waals surface area contributed by atoms with Gasteiger partial charge in [-0.25, -0.2) is 0 Å². The van der Waals surface area contributed by atoms with Crippen molar-refractivity contribution >= 4 is 40.8 Å². The Labute approximate surface area is 132 Å². The molecule has 0 saturated carbocycles. The number of amides is 1. The number of carboxylic acid groups (broad SMARTS) is 1. The number of rotatable bonds is 5. The zero-order valence-electron chi connectivity index (χ0n) is 11.1. The Hall–Kier alpha value is -1.30. The van der Waals surface area contributed by atoms with Gasteiger partial charge in [-0.1, -0.05) is 23.2 Å². The number of anilines is 1. The van der Waals surface area contributed by atoms with Crippen LogP contribution in [0.3, 0.4) is 0 Å². The maximum Gasteiger partial charge on any atom is 0.225 e. The van der Waals surface area contributed by atoms with Crippen molar-refractivity contribution in [2.45, 2.75) is 25.4 Å². The maximum absolute atomic E-state index is 12.0. The van der Waals surface area contributed by atoms with Crippen molar-refractivity contribution in [3.63, 3.8) is 0 Å². The Bertz CT molecular complexity index is 544. The van der Waals surface area contributed by atoms with E-state index in [1.165, 1.54) is 6.07 Å². The van der Waals surface area contributed by atoms with E-state index < -0.39 is 23.9 Å². The molecular formula is C14H14Cl2NO4-. The molecule has 114 valence electrons. The van der Waals surface area contributed by atoms with Crippen LogP contribution in [0, 0.1) is 5.92 Å². The van der Waals surface area contributed by atoms with E-state index in [2.05, 4.69) is 5.32 Å². The summed E-state index contributed by atoms with van der Waals surface area (Å²) in [7, 11) is 0. The minimum atomic E-state index is -1.28. The van der Waals surface area contributed by atoms with E-state index >= 15 is 0 Å². The lowest BCUT2D eigenvalue weighted by Crippen LogP contribution is -2.40. The van der Waals surface area contributed by atoms with Gasteiger partial charge < -0.3 is 20.0 Å².